The predicted molar refractivity (Wildman–Crippen MR) is 84.5 cm³/mol. The van der Waals surface area contributed by atoms with Gasteiger partial charge in [0.2, 0.25) is 10.0 Å². The van der Waals surface area contributed by atoms with E-state index >= 15 is 0 Å². The fourth-order valence-electron chi connectivity index (χ4n) is 2.36. The maximum Gasteiger partial charge on any atom is 0.339 e. The molecule has 2 rings (SSSR count). The number of hydrogen-bond acceptors (Lipinski definition) is 4. The minimum Gasteiger partial charge on any atom is -0.465 e. The SMILES string of the molecule is COC(=O)c1cccc(Cl)c1S(=O)(=O)N1CCC(C)=C(C)C1. The predicted octanol–water partition coefficient (Wildman–Crippen LogP) is 2.86. The van der Waals surface area contributed by atoms with Gasteiger partial charge in [0.1, 0.15) is 4.90 Å². The molecule has 5 nitrogen and oxygen atoms in total. The number of hydrogen-bond donors (Lipinski definition) is 0. The van der Waals surface area contributed by atoms with Gasteiger partial charge in [-0.1, -0.05) is 28.8 Å². The Morgan fingerprint density at radius 3 is 2.55 bits per heavy atom. The third kappa shape index (κ3) is 3.04. The summed E-state index contributed by atoms with van der Waals surface area (Å²) in [7, 11) is -2.66. The van der Waals surface area contributed by atoms with Crippen LogP contribution in [-0.2, 0) is 14.8 Å². The lowest BCUT2D eigenvalue weighted by Crippen LogP contribution is -2.37. The zero-order chi connectivity index (χ0) is 16.5. The molecule has 1 aliphatic heterocycles. The fourth-order valence-corrected chi connectivity index (χ4v) is 4.52. The maximum atomic E-state index is 12.9. The number of nitrogens with zero attached hydrogens (tertiary/aromatic N) is 1. The van der Waals surface area contributed by atoms with Crippen molar-refractivity contribution >= 4 is 27.6 Å². The molecule has 0 unspecified atom stereocenters. The number of carbonyl (C=O) groups excluding carboxylic acids is 1. The van der Waals surface area contributed by atoms with Gasteiger partial charge in [-0.2, -0.15) is 4.31 Å². The first kappa shape index (κ1) is 17.0. The zero-order valence-corrected chi connectivity index (χ0v) is 14.3. The van der Waals surface area contributed by atoms with Crippen molar-refractivity contribution in [3.05, 3.63) is 39.9 Å². The fraction of sp³-hybridized carbons (Fsp3) is 0.400. The van der Waals surface area contributed by atoms with Crippen LogP contribution in [0, 0.1) is 0 Å². The summed E-state index contributed by atoms with van der Waals surface area (Å²) in [5.41, 5.74) is 2.17. The largest absolute Gasteiger partial charge is 0.465 e. The Morgan fingerprint density at radius 1 is 1.27 bits per heavy atom. The van der Waals surface area contributed by atoms with E-state index in [1.807, 2.05) is 13.8 Å². The third-order valence-corrected chi connectivity index (χ3v) is 6.22. The number of halogens is 1. The van der Waals surface area contributed by atoms with Crippen molar-refractivity contribution in [1.29, 1.82) is 0 Å². The van der Waals surface area contributed by atoms with E-state index in [0.29, 0.717) is 19.5 Å². The monoisotopic (exact) mass is 343 g/mol. The van der Waals surface area contributed by atoms with E-state index in [-0.39, 0.29) is 15.5 Å². The smallest absolute Gasteiger partial charge is 0.339 e. The summed E-state index contributed by atoms with van der Waals surface area (Å²) in [6, 6.07) is 4.39. The Bertz CT molecular complexity index is 740. The molecule has 22 heavy (non-hydrogen) atoms. The molecule has 120 valence electrons. The molecule has 0 saturated carbocycles. The minimum absolute atomic E-state index is 0.0202. The quantitative estimate of drug-likeness (QED) is 0.625. The van der Waals surface area contributed by atoms with Gasteiger partial charge in [0, 0.05) is 13.1 Å². The van der Waals surface area contributed by atoms with E-state index in [0.717, 1.165) is 5.57 Å². The van der Waals surface area contributed by atoms with Crippen LogP contribution in [0.3, 0.4) is 0 Å². The molecular formula is C15H18ClNO4S. The van der Waals surface area contributed by atoms with Gasteiger partial charge < -0.3 is 4.74 Å². The number of rotatable bonds is 3. The average Bonchev–Trinajstić information content (AvgIpc) is 2.48. The van der Waals surface area contributed by atoms with E-state index in [1.165, 1.54) is 35.2 Å². The van der Waals surface area contributed by atoms with Gasteiger partial charge in [-0.05, 0) is 32.4 Å². The Labute approximate surface area is 135 Å². The molecule has 0 fully saturated rings. The lowest BCUT2D eigenvalue weighted by atomic mass is 10.1. The highest BCUT2D eigenvalue weighted by molar-refractivity contribution is 7.89. The number of benzene rings is 1. The molecule has 1 aromatic rings. The Balaban J connectivity index is 2.53. The molecule has 0 N–H and O–H groups in total. The molecule has 0 aromatic heterocycles. The van der Waals surface area contributed by atoms with E-state index in [9.17, 15) is 13.2 Å². The molecule has 0 bridgehead atoms. The van der Waals surface area contributed by atoms with Crippen LogP contribution in [-0.4, -0.2) is 38.9 Å². The zero-order valence-electron chi connectivity index (χ0n) is 12.7. The van der Waals surface area contributed by atoms with Crippen LogP contribution in [0.5, 0.6) is 0 Å². The molecular weight excluding hydrogens is 326 g/mol. The molecule has 0 amide bonds. The topological polar surface area (TPSA) is 63.7 Å². The highest BCUT2D eigenvalue weighted by Crippen LogP contribution is 2.31. The van der Waals surface area contributed by atoms with Crippen LogP contribution < -0.4 is 0 Å². The Morgan fingerprint density at radius 2 is 1.95 bits per heavy atom. The summed E-state index contributed by atoms with van der Waals surface area (Å²) in [4.78, 5) is 11.7. The molecule has 1 aromatic carbocycles. The molecule has 1 aliphatic rings. The van der Waals surface area contributed by atoms with E-state index in [4.69, 9.17) is 11.6 Å². The lowest BCUT2D eigenvalue weighted by Gasteiger charge is -2.28. The molecule has 0 spiro atoms. The van der Waals surface area contributed by atoms with Crippen LogP contribution in [0.4, 0.5) is 0 Å². The molecule has 7 heteroatoms. The van der Waals surface area contributed by atoms with Crippen molar-refractivity contribution in [2.45, 2.75) is 25.2 Å². The summed E-state index contributed by atoms with van der Waals surface area (Å²) < 4.78 is 31.8. The summed E-state index contributed by atoms with van der Waals surface area (Å²) >= 11 is 6.07. The second kappa shape index (κ2) is 6.40. The number of carbonyl (C=O) groups is 1. The number of esters is 1. The molecule has 0 atom stereocenters. The van der Waals surface area contributed by atoms with Crippen molar-refractivity contribution in [3.63, 3.8) is 0 Å². The maximum absolute atomic E-state index is 12.9. The van der Waals surface area contributed by atoms with Crippen molar-refractivity contribution in [1.82, 2.24) is 4.31 Å². The van der Waals surface area contributed by atoms with Gasteiger partial charge in [-0.3, -0.25) is 0 Å². The van der Waals surface area contributed by atoms with Crippen LogP contribution in [0.1, 0.15) is 30.6 Å². The van der Waals surface area contributed by atoms with Crippen molar-refractivity contribution in [2.24, 2.45) is 0 Å². The van der Waals surface area contributed by atoms with Crippen LogP contribution in [0.25, 0.3) is 0 Å². The molecule has 1 heterocycles. The average molecular weight is 344 g/mol. The minimum atomic E-state index is -3.87. The summed E-state index contributed by atoms with van der Waals surface area (Å²) in [5, 5.41) is 0.0202. The van der Waals surface area contributed by atoms with E-state index in [2.05, 4.69) is 4.74 Å². The molecule has 0 radical (unpaired) electrons. The van der Waals surface area contributed by atoms with Crippen LogP contribution in [0.15, 0.2) is 34.2 Å². The highest BCUT2D eigenvalue weighted by atomic mass is 35.5. The van der Waals surface area contributed by atoms with Gasteiger partial charge >= 0.3 is 5.97 Å². The highest BCUT2D eigenvalue weighted by Gasteiger charge is 2.33. The van der Waals surface area contributed by atoms with Crippen molar-refractivity contribution in [3.8, 4) is 0 Å². The first-order valence-electron chi connectivity index (χ1n) is 6.81. The first-order chi connectivity index (χ1) is 10.3. The van der Waals surface area contributed by atoms with Gasteiger partial charge in [0.05, 0.1) is 17.7 Å². The van der Waals surface area contributed by atoms with Gasteiger partial charge in [0.25, 0.3) is 0 Å². The summed E-state index contributed by atoms with van der Waals surface area (Å²) in [6.45, 7) is 4.58. The van der Waals surface area contributed by atoms with Crippen LogP contribution in [0.2, 0.25) is 5.02 Å². The second-order valence-electron chi connectivity index (χ2n) is 5.26. The second-order valence-corrected chi connectivity index (χ2v) is 7.54. The van der Waals surface area contributed by atoms with Gasteiger partial charge in [-0.25, -0.2) is 13.2 Å². The molecule has 0 saturated heterocycles. The summed E-state index contributed by atoms with van der Waals surface area (Å²) in [5.74, 6) is -0.721. The third-order valence-electron chi connectivity index (χ3n) is 3.85. The number of methoxy groups -OCH3 is 1. The van der Waals surface area contributed by atoms with Crippen molar-refractivity contribution in [2.75, 3.05) is 20.2 Å². The normalized spacial score (nSPS) is 16.7. The molecule has 0 aliphatic carbocycles. The Hall–Kier alpha value is -1.37. The van der Waals surface area contributed by atoms with Gasteiger partial charge in [-0.15, -0.1) is 0 Å². The number of ether oxygens (including phenoxy) is 1. The van der Waals surface area contributed by atoms with Gasteiger partial charge in [0.15, 0.2) is 0 Å². The standard InChI is InChI=1S/C15H18ClNO4S/c1-10-7-8-17(9-11(10)2)22(19,20)14-12(15(18)21-3)5-4-6-13(14)16/h4-6H,7-9H2,1-3H3. The van der Waals surface area contributed by atoms with Crippen LogP contribution >= 0.6 is 11.6 Å². The summed E-state index contributed by atoms with van der Waals surface area (Å²) in [6.07, 6.45) is 0.670. The first-order valence-corrected chi connectivity index (χ1v) is 8.63. The van der Waals surface area contributed by atoms with Crippen molar-refractivity contribution < 1.29 is 17.9 Å². The lowest BCUT2D eigenvalue weighted by molar-refractivity contribution is 0.0596. The number of sulfonamides is 1. The Kier molecular flexibility index (Phi) is 4.94. The van der Waals surface area contributed by atoms with E-state index < -0.39 is 16.0 Å². The van der Waals surface area contributed by atoms with E-state index in [1.54, 1.807) is 0 Å².